The predicted molar refractivity (Wildman–Crippen MR) is 173 cm³/mol. The maximum atomic E-state index is 14.3. The summed E-state index contributed by atoms with van der Waals surface area (Å²) in [6, 6.07) is 21.5. The van der Waals surface area contributed by atoms with Crippen molar-refractivity contribution in [3.63, 3.8) is 0 Å². The molecule has 0 radical (unpaired) electrons. The third-order valence-corrected chi connectivity index (χ3v) is 10.0. The molecule has 210 valence electrons. The number of thiophene rings is 1. The van der Waals surface area contributed by atoms with Crippen LogP contribution < -0.4 is 10.9 Å². The van der Waals surface area contributed by atoms with Gasteiger partial charge in [0.05, 0.1) is 34.8 Å². The lowest BCUT2D eigenvalue weighted by atomic mass is 10.0. The molecule has 0 spiro atoms. The molecule has 7 rings (SSSR count). The van der Waals surface area contributed by atoms with E-state index >= 15 is 0 Å². The van der Waals surface area contributed by atoms with Crippen LogP contribution in [0, 0.1) is 0 Å². The topological polar surface area (TPSA) is 71.6 Å². The maximum absolute atomic E-state index is 14.3. The summed E-state index contributed by atoms with van der Waals surface area (Å²) in [6.45, 7) is 0.699. The first-order valence-corrected chi connectivity index (χ1v) is 15.6. The normalized spacial score (nSPS) is 13.1. The van der Waals surface area contributed by atoms with E-state index in [-0.39, 0.29) is 18.0 Å². The average Bonchev–Trinajstić information content (AvgIpc) is 3.62. The fourth-order valence-corrected chi connectivity index (χ4v) is 7.14. The van der Waals surface area contributed by atoms with Gasteiger partial charge in [-0.2, -0.15) is 5.10 Å². The minimum atomic E-state index is -0.132. The van der Waals surface area contributed by atoms with Gasteiger partial charge in [-0.25, -0.2) is 4.52 Å². The third kappa shape index (κ3) is 4.52. The standard InChI is InChI=1S/C32H25BrClN5O2S/c1-35-27-18-42-29-15-22(8-9-23(27)29)38-30-21(13-19-5-3-2-4-6-19)16-36-39(30)28-17-37(12-11-24(28)32(38)41)31(40)20-7-10-25(33)26(34)14-20/h2-10,14-16,18,35H,11-13,17H2,1H3. The molecule has 0 atom stereocenters. The fourth-order valence-electron chi connectivity index (χ4n) is 5.73. The molecule has 1 amide bonds. The number of anilines is 1. The van der Waals surface area contributed by atoms with E-state index in [4.69, 9.17) is 16.7 Å². The van der Waals surface area contributed by atoms with Crippen LogP contribution in [0.1, 0.15) is 32.7 Å². The maximum Gasteiger partial charge on any atom is 0.261 e. The zero-order valence-electron chi connectivity index (χ0n) is 22.6. The van der Waals surface area contributed by atoms with Crippen molar-refractivity contribution in [2.24, 2.45) is 0 Å². The molecule has 7 nitrogen and oxygen atoms in total. The van der Waals surface area contributed by atoms with E-state index in [2.05, 4.69) is 50.9 Å². The second-order valence-corrected chi connectivity index (χ2v) is 12.5. The summed E-state index contributed by atoms with van der Waals surface area (Å²) in [4.78, 5) is 29.6. The minimum Gasteiger partial charge on any atom is -0.387 e. The van der Waals surface area contributed by atoms with Crippen LogP contribution in [0.15, 0.2) is 87.6 Å². The number of hydrogen-bond donors (Lipinski definition) is 1. The highest BCUT2D eigenvalue weighted by atomic mass is 79.9. The van der Waals surface area contributed by atoms with Crippen molar-refractivity contribution in [1.82, 2.24) is 19.1 Å². The van der Waals surface area contributed by atoms with Crippen molar-refractivity contribution in [2.75, 3.05) is 18.9 Å². The summed E-state index contributed by atoms with van der Waals surface area (Å²) in [5.41, 5.74) is 6.49. The fraction of sp³-hybridized carbons (Fsp3) is 0.156. The van der Waals surface area contributed by atoms with Gasteiger partial charge in [-0.05, 0) is 64.3 Å². The van der Waals surface area contributed by atoms with E-state index < -0.39 is 0 Å². The number of amides is 1. The molecule has 1 aliphatic rings. The molecule has 1 N–H and O–H groups in total. The zero-order chi connectivity index (χ0) is 29.0. The van der Waals surface area contributed by atoms with Gasteiger partial charge in [-0.15, -0.1) is 11.3 Å². The average molecular weight is 659 g/mol. The monoisotopic (exact) mass is 657 g/mol. The second kappa shape index (κ2) is 10.7. The number of fused-ring (bicyclic) bond motifs is 4. The van der Waals surface area contributed by atoms with Crippen molar-refractivity contribution in [3.05, 3.63) is 126 Å². The minimum absolute atomic E-state index is 0.0733. The molecule has 6 aromatic rings. The molecule has 3 aromatic carbocycles. The number of benzene rings is 3. The Balaban J connectivity index is 1.39. The number of carbonyl (C=O) groups excluding carboxylic acids is 1. The molecule has 3 aromatic heterocycles. The molecule has 0 saturated carbocycles. The number of aromatic nitrogens is 3. The highest BCUT2D eigenvalue weighted by Crippen LogP contribution is 2.33. The van der Waals surface area contributed by atoms with Crippen molar-refractivity contribution in [3.8, 4) is 5.69 Å². The van der Waals surface area contributed by atoms with E-state index in [9.17, 15) is 9.59 Å². The Morgan fingerprint density at radius 2 is 1.95 bits per heavy atom. The molecule has 10 heteroatoms. The van der Waals surface area contributed by atoms with Gasteiger partial charge in [-0.1, -0.05) is 41.9 Å². The number of carbonyl (C=O) groups is 1. The number of nitrogens with one attached hydrogen (secondary N) is 1. The Kier molecular flexibility index (Phi) is 6.88. The van der Waals surface area contributed by atoms with Gasteiger partial charge >= 0.3 is 0 Å². The van der Waals surface area contributed by atoms with Crippen LogP contribution in [0.5, 0.6) is 0 Å². The van der Waals surface area contributed by atoms with E-state index in [0.29, 0.717) is 41.2 Å². The SMILES string of the molecule is CNc1csc2cc(-n3c(=O)c4c(n5ncc(Cc6ccccc6)c35)CN(C(=O)c3ccc(Br)c(Cl)c3)CC4)ccc12. The van der Waals surface area contributed by atoms with Gasteiger partial charge < -0.3 is 10.2 Å². The van der Waals surface area contributed by atoms with E-state index in [1.165, 1.54) is 0 Å². The summed E-state index contributed by atoms with van der Waals surface area (Å²) in [5, 5.41) is 11.7. The first-order valence-electron chi connectivity index (χ1n) is 13.5. The van der Waals surface area contributed by atoms with Crippen molar-refractivity contribution >= 4 is 66.2 Å². The van der Waals surface area contributed by atoms with Crippen LogP contribution in [-0.2, 0) is 19.4 Å². The summed E-state index contributed by atoms with van der Waals surface area (Å²) in [6.07, 6.45) is 2.89. The molecule has 0 bridgehead atoms. The summed E-state index contributed by atoms with van der Waals surface area (Å²) >= 11 is 11.3. The molecule has 4 heterocycles. The number of rotatable bonds is 5. The molecule has 0 aliphatic carbocycles. The molecule has 0 fully saturated rings. The summed E-state index contributed by atoms with van der Waals surface area (Å²) in [7, 11) is 1.91. The smallest absolute Gasteiger partial charge is 0.261 e. The predicted octanol–water partition coefficient (Wildman–Crippen LogP) is 6.95. The molecule has 42 heavy (non-hydrogen) atoms. The van der Waals surface area contributed by atoms with Crippen LogP contribution in [0.3, 0.4) is 0 Å². The van der Waals surface area contributed by atoms with Gasteiger partial charge in [0.1, 0.15) is 5.65 Å². The van der Waals surface area contributed by atoms with Crippen LogP contribution >= 0.6 is 38.9 Å². The van der Waals surface area contributed by atoms with E-state index in [1.54, 1.807) is 39.0 Å². The summed E-state index contributed by atoms with van der Waals surface area (Å²) in [5.74, 6) is -0.132. The van der Waals surface area contributed by atoms with Gasteiger partial charge in [0.25, 0.3) is 11.5 Å². The van der Waals surface area contributed by atoms with Crippen LogP contribution in [0.25, 0.3) is 21.4 Å². The van der Waals surface area contributed by atoms with Gasteiger partial charge in [0, 0.05) is 56.6 Å². The first kappa shape index (κ1) is 26.9. The lowest BCUT2D eigenvalue weighted by Crippen LogP contribution is -2.41. The van der Waals surface area contributed by atoms with Gasteiger partial charge in [0.15, 0.2) is 0 Å². The van der Waals surface area contributed by atoms with Crippen LogP contribution in [0.4, 0.5) is 5.69 Å². The Bertz CT molecular complexity index is 2070. The van der Waals surface area contributed by atoms with E-state index in [0.717, 1.165) is 42.8 Å². The van der Waals surface area contributed by atoms with Crippen LogP contribution in [-0.4, -0.2) is 38.6 Å². The Labute approximate surface area is 259 Å². The number of nitrogens with zero attached hydrogens (tertiary/aromatic N) is 4. The van der Waals surface area contributed by atoms with Crippen molar-refractivity contribution in [2.45, 2.75) is 19.4 Å². The highest BCUT2D eigenvalue weighted by Gasteiger charge is 2.29. The molecule has 0 unspecified atom stereocenters. The lowest BCUT2D eigenvalue weighted by Gasteiger charge is -2.30. The zero-order valence-corrected chi connectivity index (χ0v) is 25.8. The quantitative estimate of drug-likeness (QED) is 0.218. The van der Waals surface area contributed by atoms with Crippen molar-refractivity contribution < 1.29 is 4.79 Å². The van der Waals surface area contributed by atoms with Crippen molar-refractivity contribution in [1.29, 1.82) is 0 Å². The molecular weight excluding hydrogens is 634 g/mol. The van der Waals surface area contributed by atoms with Crippen LogP contribution in [0.2, 0.25) is 5.02 Å². The van der Waals surface area contributed by atoms with Gasteiger partial charge in [0.2, 0.25) is 0 Å². The molecular formula is C32H25BrClN5O2S. The number of halogens is 2. The van der Waals surface area contributed by atoms with E-state index in [1.807, 2.05) is 42.0 Å². The molecule has 1 aliphatic heterocycles. The lowest BCUT2D eigenvalue weighted by molar-refractivity contribution is 0.0729. The largest absolute Gasteiger partial charge is 0.387 e. The third-order valence-electron chi connectivity index (χ3n) is 7.84. The summed E-state index contributed by atoms with van der Waals surface area (Å²) < 4.78 is 5.49. The second-order valence-electron chi connectivity index (χ2n) is 10.3. The number of hydrogen-bond acceptors (Lipinski definition) is 5. The van der Waals surface area contributed by atoms with Gasteiger partial charge in [-0.3, -0.25) is 14.2 Å². The molecule has 0 saturated heterocycles. The Morgan fingerprint density at radius 3 is 2.74 bits per heavy atom. The highest BCUT2D eigenvalue weighted by molar-refractivity contribution is 9.10. The first-order chi connectivity index (χ1) is 20.4. The Morgan fingerprint density at radius 1 is 1.12 bits per heavy atom. The Hall–Kier alpha value is -3.92.